The van der Waals surface area contributed by atoms with Crippen molar-refractivity contribution in [3.63, 3.8) is 0 Å². The van der Waals surface area contributed by atoms with E-state index in [9.17, 15) is 9.18 Å². The van der Waals surface area contributed by atoms with E-state index in [0.717, 1.165) is 16.8 Å². The molecule has 0 spiro atoms. The summed E-state index contributed by atoms with van der Waals surface area (Å²) in [7, 11) is 3.20. The molecule has 3 N–H and O–H groups in total. The van der Waals surface area contributed by atoms with Gasteiger partial charge in [-0.15, -0.1) is 0 Å². The number of rotatable bonds is 9. The summed E-state index contributed by atoms with van der Waals surface area (Å²) in [6.07, 6.45) is 7.85. The van der Waals surface area contributed by atoms with Gasteiger partial charge in [0.1, 0.15) is 17.5 Å². The minimum Gasteiger partial charge on any atom is -0.481 e. The highest BCUT2D eigenvalue weighted by Gasteiger charge is 2.16. The first-order valence-corrected chi connectivity index (χ1v) is 12.4. The lowest BCUT2D eigenvalue weighted by atomic mass is 10.1. The normalized spacial score (nSPS) is 11.0. The highest BCUT2D eigenvalue weighted by molar-refractivity contribution is 5.92. The van der Waals surface area contributed by atoms with Crippen LogP contribution in [0.2, 0.25) is 0 Å². The number of amides is 1. The fraction of sp³-hybridized carbons (Fsp3) is 0.143. The lowest BCUT2D eigenvalue weighted by Gasteiger charge is -2.09. The van der Waals surface area contributed by atoms with Crippen LogP contribution in [0.4, 0.5) is 16.0 Å². The van der Waals surface area contributed by atoms with E-state index in [1.807, 2.05) is 18.2 Å². The monoisotopic (exact) mass is 552 g/mol. The fourth-order valence-electron chi connectivity index (χ4n) is 3.83. The summed E-state index contributed by atoms with van der Waals surface area (Å²) in [5.74, 6) is 0.966. The van der Waals surface area contributed by atoms with E-state index in [1.165, 1.54) is 12.3 Å². The molecule has 5 rings (SSSR count). The topological polar surface area (TPSA) is 156 Å². The molecule has 5 aromatic heterocycles. The molecule has 0 unspecified atom stereocenters. The molecule has 1 amide bonds. The molecule has 206 valence electrons. The van der Waals surface area contributed by atoms with Crippen molar-refractivity contribution >= 4 is 23.8 Å². The van der Waals surface area contributed by atoms with E-state index in [1.54, 1.807) is 58.0 Å². The van der Waals surface area contributed by atoms with Crippen LogP contribution in [-0.2, 0) is 6.54 Å². The summed E-state index contributed by atoms with van der Waals surface area (Å²) in [5, 5.41) is 5.78. The van der Waals surface area contributed by atoms with Gasteiger partial charge in [0.25, 0.3) is 5.91 Å². The summed E-state index contributed by atoms with van der Waals surface area (Å²) >= 11 is 0. The highest BCUT2D eigenvalue weighted by Crippen LogP contribution is 2.22. The minimum atomic E-state index is -0.794. The third-order valence-corrected chi connectivity index (χ3v) is 5.80. The zero-order valence-corrected chi connectivity index (χ0v) is 22.4. The number of carbonyl (C=O) groups excluding carboxylic acids is 1. The average molecular weight is 553 g/mol. The quantitative estimate of drug-likeness (QED) is 0.231. The Hall–Kier alpha value is -5.59. The maximum absolute atomic E-state index is 15.0. The van der Waals surface area contributed by atoms with Gasteiger partial charge in [0, 0.05) is 61.1 Å². The molecule has 13 heteroatoms. The summed E-state index contributed by atoms with van der Waals surface area (Å²) in [5.41, 5.74) is 2.91. The summed E-state index contributed by atoms with van der Waals surface area (Å²) in [4.78, 5) is 45.3. The maximum atomic E-state index is 15.0. The molecule has 5 aromatic rings. The zero-order chi connectivity index (χ0) is 28.8. The number of aromatic amines is 1. The number of halogens is 1. The average Bonchev–Trinajstić information content (AvgIpc) is 3.42. The van der Waals surface area contributed by atoms with E-state index in [-0.39, 0.29) is 18.1 Å². The van der Waals surface area contributed by atoms with Crippen molar-refractivity contribution in [3.8, 4) is 28.5 Å². The number of imidazole rings is 1. The van der Waals surface area contributed by atoms with Gasteiger partial charge in [0.2, 0.25) is 5.88 Å². The summed E-state index contributed by atoms with van der Waals surface area (Å²) in [6, 6.07) is 10.2. The van der Waals surface area contributed by atoms with Gasteiger partial charge in [-0.1, -0.05) is 6.07 Å². The smallest absolute Gasteiger partial charge is 0.273 e. The molecule has 0 radical (unpaired) electrons. The van der Waals surface area contributed by atoms with Crippen LogP contribution in [0.15, 0.2) is 66.2 Å². The third-order valence-electron chi connectivity index (χ3n) is 5.80. The number of aryl methyl sites for hydroxylation is 1. The molecule has 0 aliphatic heterocycles. The van der Waals surface area contributed by atoms with Gasteiger partial charge < -0.3 is 20.4 Å². The molecule has 0 atom stereocenters. The van der Waals surface area contributed by atoms with E-state index >= 15 is 0 Å². The molecule has 0 fully saturated rings. The zero-order valence-electron chi connectivity index (χ0n) is 22.4. The number of methoxy groups -OCH3 is 1. The van der Waals surface area contributed by atoms with Crippen LogP contribution in [0, 0.1) is 12.7 Å². The van der Waals surface area contributed by atoms with Gasteiger partial charge in [0.15, 0.2) is 17.3 Å². The first-order chi connectivity index (χ1) is 19.9. The Morgan fingerprint density at radius 1 is 1.02 bits per heavy atom. The van der Waals surface area contributed by atoms with Crippen molar-refractivity contribution in [2.45, 2.75) is 13.5 Å². The van der Waals surface area contributed by atoms with Gasteiger partial charge in [-0.3, -0.25) is 14.8 Å². The number of ether oxygens (including phenoxy) is 1. The van der Waals surface area contributed by atoms with Gasteiger partial charge in [-0.05, 0) is 30.7 Å². The molecule has 0 aliphatic rings. The molecule has 0 bridgehead atoms. The number of anilines is 2. The molecule has 0 saturated carbocycles. The van der Waals surface area contributed by atoms with E-state index in [4.69, 9.17) is 4.74 Å². The van der Waals surface area contributed by atoms with Crippen LogP contribution in [-0.4, -0.2) is 61.2 Å². The number of nitrogens with one attached hydrogen (secondary N) is 3. The SMILES string of the molecule is CN=Cc1ncc(Nc2cc(C)nc(-c3cnc(C(=O)NCc4ccc(-c5ccc(OC)nc5)nc4)c(F)c3)n2)[nH]1. The Balaban J connectivity index is 1.24. The first-order valence-electron chi connectivity index (χ1n) is 12.4. The molecule has 41 heavy (non-hydrogen) atoms. The van der Waals surface area contributed by atoms with Crippen molar-refractivity contribution in [2.24, 2.45) is 4.99 Å². The first kappa shape index (κ1) is 27.0. The number of hydrogen-bond donors (Lipinski definition) is 3. The second-order valence-corrected chi connectivity index (χ2v) is 8.79. The molecule has 12 nitrogen and oxygen atoms in total. The van der Waals surface area contributed by atoms with Gasteiger partial charge >= 0.3 is 0 Å². The lowest BCUT2D eigenvalue weighted by molar-refractivity contribution is 0.0941. The van der Waals surface area contributed by atoms with Crippen molar-refractivity contribution in [1.82, 2.24) is 40.2 Å². The second-order valence-electron chi connectivity index (χ2n) is 8.79. The van der Waals surface area contributed by atoms with Crippen molar-refractivity contribution in [1.29, 1.82) is 0 Å². The standard InChI is InChI=1S/C28H25FN10O2/c1-16-8-22(37-24-15-32-23(38-24)14-30-2)39-27(36-16)19-9-20(29)26(34-13-19)28(40)35-11-17-4-6-21(31-10-17)18-5-7-25(41-3)33-12-18/h4-10,12-15H,11H2,1-3H3,(H,32,38)(H,35,40)(H,36,37,39). The summed E-state index contributed by atoms with van der Waals surface area (Å²) in [6.45, 7) is 1.94. The molecule has 0 aliphatic carbocycles. The van der Waals surface area contributed by atoms with Crippen molar-refractivity contribution < 1.29 is 13.9 Å². The lowest BCUT2D eigenvalue weighted by Crippen LogP contribution is -2.25. The largest absolute Gasteiger partial charge is 0.481 e. The van der Waals surface area contributed by atoms with Crippen LogP contribution in [0.5, 0.6) is 5.88 Å². The van der Waals surface area contributed by atoms with E-state index < -0.39 is 11.7 Å². The molecule has 0 aromatic carbocycles. The number of nitrogens with zero attached hydrogens (tertiary/aromatic N) is 7. The molecule has 5 heterocycles. The number of pyridine rings is 3. The molecular weight excluding hydrogens is 527 g/mol. The number of carbonyl (C=O) groups is 1. The Bertz CT molecular complexity index is 1700. The third kappa shape index (κ3) is 6.53. The predicted octanol–water partition coefficient (Wildman–Crippen LogP) is 3.90. The van der Waals surface area contributed by atoms with Crippen LogP contribution >= 0.6 is 0 Å². The number of H-pyrrole nitrogens is 1. The maximum Gasteiger partial charge on any atom is 0.273 e. The Labute approximate surface area is 234 Å². The van der Waals surface area contributed by atoms with Gasteiger partial charge in [0.05, 0.1) is 25.2 Å². The van der Waals surface area contributed by atoms with Crippen LogP contribution in [0.1, 0.15) is 27.6 Å². The van der Waals surface area contributed by atoms with Crippen molar-refractivity contribution in [2.75, 3.05) is 19.5 Å². The van der Waals surface area contributed by atoms with E-state index in [0.29, 0.717) is 34.6 Å². The van der Waals surface area contributed by atoms with Gasteiger partial charge in [-0.2, -0.15) is 0 Å². The van der Waals surface area contributed by atoms with Crippen LogP contribution in [0.3, 0.4) is 0 Å². The Morgan fingerprint density at radius 2 is 1.88 bits per heavy atom. The summed E-state index contributed by atoms with van der Waals surface area (Å²) < 4.78 is 20.1. The predicted molar refractivity (Wildman–Crippen MR) is 151 cm³/mol. The molecular formula is C28H25FN10O2. The van der Waals surface area contributed by atoms with Gasteiger partial charge in [-0.25, -0.2) is 29.3 Å². The number of hydrogen-bond acceptors (Lipinski definition) is 10. The Kier molecular flexibility index (Phi) is 7.95. The molecule has 0 saturated heterocycles. The second kappa shape index (κ2) is 12.1. The highest BCUT2D eigenvalue weighted by atomic mass is 19.1. The number of aliphatic imine (C=N–C) groups is 1. The fourth-order valence-corrected chi connectivity index (χ4v) is 3.83. The number of aromatic nitrogens is 7. The minimum absolute atomic E-state index is 0.144. The Morgan fingerprint density at radius 3 is 2.59 bits per heavy atom. The van der Waals surface area contributed by atoms with Crippen molar-refractivity contribution in [3.05, 3.63) is 89.8 Å². The van der Waals surface area contributed by atoms with E-state index in [2.05, 4.69) is 50.5 Å². The van der Waals surface area contributed by atoms with Crippen LogP contribution in [0.25, 0.3) is 22.6 Å². The van der Waals surface area contributed by atoms with Crippen LogP contribution < -0.4 is 15.4 Å².